The summed E-state index contributed by atoms with van der Waals surface area (Å²) in [6.07, 6.45) is 1.07. The molecular weight excluding hydrogens is 384 g/mol. The van der Waals surface area contributed by atoms with Gasteiger partial charge < -0.3 is 10.6 Å². The van der Waals surface area contributed by atoms with Crippen LogP contribution in [0.15, 0.2) is 0 Å². The van der Waals surface area contributed by atoms with Crippen LogP contribution in [0, 0.1) is 6.92 Å². The highest BCUT2D eigenvalue weighted by atomic mass is 15.0. The maximum atomic E-state index is 4.69. The molecule has 6 nitrogen and oxygen atoms in total. The topological polar surface area (TPSA) is 75.6 Å². The van der Waals surface area contributed by atoms with E-state index in [2.05, 4.69) is 67.1 Å². The average molecular weight is 427 g/mol. The highest BCUT2D eigenvalue weighted by molar-refractivity contribution is 5.32. The Morgan fingerprint density at radius 3 is 1.84 bits per heavy atom. The Morgan fingerprint density at radius 2 is 1.23 bits per heavy atom. The fourth-order valence-corrected chi connectivity index (χ4v) is 3.94. The van der Waals surface area contributed by atoms with Crippen LogP contribution in [0.1, 0.15) is 119 Å². The summed E-state index contributed by atoms with van der Waals surface area (Å²) in [6.45, 7) is 22.9. The molecule has 31 heavy (non-hydrogen) atoms. The Hall–Kier alpha value is -1.92. The average Bonchev–Trinajstić information content (AvgIpc) is 3.22. The van der Waals surface area contributed by atoms with E-state index in [0.29, 0.717) is 17.8 Å². The maximum Gasteiger partial charge on any atom is 0.131 e. The van der Waals surface area contributed by atoms with Gasteiger partial charge in [-0.2, -0.15) is 0 Å². The van der Waals surface area contributed by atoms with Gasteiger partial charge in [0.25, 0.3) is 0 Å². The van der Waals surface area contributed by atoms with Crippen LogP contribution in [-0.2, 0) is 26.1 Å². The SMILES string of the molecule is CC.CC(C)c1nc2c(c(C(C)C)n1)CNC2.Cc1nc2c(c(C(C)C)n1)CCNC2. The second kappa shape index (κ2) is 11.6. The number of nitrogens with zero attached hydrogens (tertiary/aromatic N) is 4. The summed E-state index contributed by atoms with van der Waals surface area (Å²) in [5.74, 6) is 3.29. The first kappa shape index (κ1) is 25.3. The molecule has 0 amide bonds. The zero-order valence-electron chi connectivity index (χ0n) is 21.1. The Kier molecular flexibility index (Phi) is 9.51. The van der Waals surface area contributed by atoms with E-state index in [1.807, 2.05) is 20.8 Å². The molecule has 2 N–H and O–H groups in total. The van der Waals surface area contributed by atoms with Crippen molar-refractivity contribution in [1.29, 1.82) is 0 Å². The first-order valence-electron chi connectivity index (χ1n) is 11.9. The normalized spacial score (nSPS) is 14.6. The fraction of sp³-hybridized carbons (Fsp3) is 0.680. The molecule has 0 bridgehead atoms. The highest BCUT2D eigenvalue weighted by Crippen LogP contribution is 2.25. The van der Waals surface area contributed by atoms with Crippen LogP contribution in [0.3, 0.4) is 0 Å². The lowest BCUT2D eigenvalue weighted by atomic mass is 9.97. The molecule has 0 saturated heterocycles. The molecule has 2 aliphatic heterocycles. The van der Waals surface area contributed by atoms with Crippen molar-refractivity contribution in [2.24, 2.45) is 0 Å². The summed E-state index contributed by atoms with van der Waals surface area (Å²) >= 11 is 0. The fourth-order valence-electron chi connectivity index (χ4n) is 3.94. The Morgan fingerprint density at radius 1 is 0.645 bits per heavy atom. The van der Waals surface area contributed by atoms with Crippen molar-refractivity contribution in [1.82, 2.24) is 30.6 Å². The smallest absolute Gasteiger partial charge is 0.131 e. The van der Waals surface area contributed by atoms with E-state index < -0.39 is 0 Å². The molecule has 0 aliphatic carbocycles. The zero-order chi connectivity index (χ0) is 23.1. The number of aromatic nitrogens is 4. The number of nitrogens with one attached hydrogen (secondary N) is 2. The van der Waals surface area contributed by atoms with Crippen LogP contribution in [0.2, 0.25) is 0 Å². The van der Waals surface area contributed by atoms with Crippen LogP contribution in [0.4, 0.5) is 0 Å². The second-order valence-corrected chi connectivity index (χ2v) is 8.97. The van der Waals surface area contributed by atoms with Crippen LogP contribution in [0.25, 0.3) is 0 Å². The summed E-state index contributed by atoms with van der Waals surface area (Å²) in [4.78, 5) is 18.3. The largest absolute Gasteiger partial charge is 0.311 e. The molecule has 4 rings (SSSR count). The molecular formula is C25H42N6. The predicted molar refractivity (Wildman–Crippen MR) is 128 cm³/mol. The first-order chi connectivity index (χ1) is 14.8. The lowest BCUT2D eigenvalue weighted by Gasteiger charge is -2.20. The van der Waals surface area contributed by atoms with E-state index in [1.165, 1.54) is 33.9 Å². The van der Waals surface area contributed by atoms with Gasteiger partial charge in [0.2, 0.25) is 0 Å². The summed E-state index contributed by atoms with van der Waals surface area (Å²) < 4.78 is 0. The Balaban J connectivity index is 0.000000204. The molecule has 172 valence electrons. The van der Waals surface area contributed by atoms with Gasteiger partial charge in [-0.3, -0.25) is 0 Å². The molecule has 6 heteroatoms. The van der Waals surface area contributed by atoms with Crippen molar-refractivity contribution in [2.75, 3.05) is 6.54 Å². The molecule has 2 aromatic rings. The van der Waals surface area contributed by atoms with Crippen LogP contribution < -0.4 is 10.6 Å². The van der Waals surface area contributed by atoms with Gasteiger partial charge in [-0.15, -0.1) is 0 Å². The van der Waals surface area contributed by atoms with E-state index in [4.69, 9.17) is 4.98 Å². The van der Waals surface area contributed by atoms with Crippen molar-refractivity contribution in [2.45, 2.75) is 106 Å². The number of fused-ring (bicyclic) bond motifs is 2. The van der Waals surface area contributed by atoms with Gasteiger partial charge in [-0.1, -0.05) is 55.4 Å². The molecule has 0 saturated carbocycles. The van der Waals surface area contributed by atoms with Gasteiger partial charge in [0, 0.05) is 31.1 Å². The molecule has 0 spiro atoms. The van der Waals surface area contributed by atoms with E-state index in [0.717, 1.165) is 44.2 Å². The molecule has 0 radical (unpaired) electrons. The Bertz CT molecular complexity index is 858. The molecule has 2 aliphatic rings. The van der Waals surface area contributed by atoms with Gasteiger partial charge in [0.05, 0.1) is 22.8 Å². The van der Waals surface area contributed by atoms with Gasteiger partial charge in [0.1, 0.15) is 11.6 Å². The molecule has 0 unspecified atom stereocenters. The highest BCUT2D eigenvalue weighted by Gasteiger charge is 2.21. The number of hydrogen-bond acceptors (Lipinski definition) is 6. The number of hydrogen-bond donors (Lipinski definition) is 2. The van der Waals surface area contributed by atoms with Crippen molar-refractivity contribution in [3.05, 3.63) is 45.6 Å². The zero-order valence-corrected chi connectivity index (χ0v) is 21.1. The predicted octanol–water partition coefficient (Wildman–Crippen LogP) is 4.91. The Labute approximate surface area is 189 Å². The number of rotatable bonds is 3. The van der Waals surface area contributed by atoms with E-state index in [-0.39, 0.29) is 0 Å². The van der Waals surface area contributed by atoms with E-state index in [1.54, 1.807) is 0 Å². The lowest BCUT2D eigenvalue weighted by molar-refractivity contribution is 0.603. The first-order valence-corrected chi connectivity index (χ1v) is 11.9. The standard InChI is InChI=1S/C12H19N3.C11H17N3.C2H6/c1-7(2)11-9-5-13-6-10(9)14-12(15-11)8(3)4;1-7(2)11-9-4-5-12-6-10(9)13-8(3)14-11;1-2/h7-8,13H,5-6H2,1-4H3;7,12H,4-6H2,1-3H3;1-2H3. The summed E-state index contributed by atoms with van der Waals surface area (Å²) in [5, 5.41) is 6.69. The number of aryl methyl sites for hydroxylation is 1. The van der Waals surface area contributed by atoms with Gasteiger partial charge in [-0.05, 0) is 37.3 Å². The second-order valence-electron chi connectivity index (χ2n) is 8.97. The van der Waals surface area contributed by atoms with Gasteiger partial charge in [0.15, 0.2) is 0 Å². The summed E-state index contributed by atoms with van der Waals surface area (Å²) in [6, 6.07) is 0. The van der Waals surface area contributed by atoms with E-state index >= 15 is 0 Å². The minimum Gasteiger partial charge on any atom is -0.311 e. The van der Waals surface area contributed by atoms with Crippen LogP contribution in [0.5, 0.6) is 0 Å². The quantitative estimate of drug-likeness (QED) is 0.726. The van der Waals surface area contributed by atoms with E-state index in [9.17, 15) is 0 Å². The van der Waals surface area contributed by atoms with Crippen LogP contribution >= 0.6 is 0 Å². The van der Waals surface area contributed by atoms with Crippen molar-refractivity contribution >= 4 is 0 Å². The third kappa shape index (κ3) is 6.30. The molecule has 2 aromatic heterocycles. The minimum atomic E-state index is 0.411. The van der Waals surface area contributed by atoms with Crippen LogP contribution in [-0.4, -0.2) is 26.5 Å². The summed E-state index contributed by atoms with van der Waals surface area (Å²) in [7, 11) is 0. The maximum absolute atomic E-state index is 4.69. The lowest BCUT2D eigenvalue weighted by Crippen LogP contribution is -2.27. The molecule has 0 fully saturated rings. The summed E-state index contributed by atoms with van der Waals surface area (Å²) in [5.41, 5.74) is 7.59. The van der Waals surface area contributed by atoms with Crippen molar-refractivity contribution in [3.8, 4) is 0 Å². The van der Waals surface area contributed by atoms with Gasteiger partial charge in [-0.25, -0.2) is 19.9 Å². The third-order valence-electron chi connectivity index (χ3n) is 5.43. The minimum absolute atomic E-state index is 0.411. The molecule has 0 aromatic carbocycles. The monoisotopic (exact) mass is 426 g/mol. The van der Waals surface area contributed by atoms with Crippen molar-refractivity contribution in [3.63, 3.8) is 0 Å². The molecule has 0 atom stereocenters. The third-order valence-corrected chi connectivity index (χ3v) is 5.43. The van der Waals surface area contributed by atoms with Crippen molar-refractivity contribution < 1.29 is 0 Å². The van der Waals surface area contributed by atoms with Gasteiger partial charge >= 0.3 is 0 Å². The molecule has 4 heterocycles.